The summed E-state index contributed by atoms with van der Waals surface area (Å²) in [7, 11) is -3.85. The van der Waals surface area contributed by atoms with Gasteiger partial charge in [-0.15, -0.1) is 12.3 Å². The maximum Gasteiger partial charge on any atom is 0.297 e. The zero-order valence-electron chi connectivity index (χ0n) is 11.4. The molecule has 0 heterocycles. The van der Waals surface area contributed by atoms with Gasteiger partial charge in [-0.25, -0.2) is 0 Å². The van der Waals surface area contributed by atoms with E-state index in [1.807, 2.05) is 6.92 Å². The van der Waals surface area contributed by atoms with Crippen LogP contribution < -0.4 is 5.11 Å². The molecule has 0 aliphatic carbocycles. The van der Waals surface area contributed by atoms with E-state index >= 15 is 0 Å². The first-order chi connectivity index (χ1) is 9.19. The van der Waals surface area contributed by atoms with Gasteiger partial charge in [0.1, 0.15) is 6.10 Å². The third kappa shape index (κ3) is 7.90. The fraction of sp³-hybridized carbons (Fsp3) is 0.385. The van der Waals surface area contributed by atoms with Gasteiger partial charge in [-0.2, -0.15) is 8.42 Å². The monoisotopic (exact) mass is 303 g/mol. The largest absolute Gasteiger partial charge is 0.876 e. The number of rotatable bonds is 5. The molecule has 0 fully saturated rings. The van der Waals surface area contributed by atoms with E-state index in [2.05, 4.69) is 10.8 Å². The smallest absolute Gasteiger partial charge is 0.297 e. The zero-order chi connectivity index (χ0) is 15.8. The molecule has 0 saturated carbocycles. The topological polar surface area (TPSA) is 107 Å². The Morgan fingerprint density at radius 1 is 1.40 bits per heavy atom. The molecule has 0 radical (unpaired) electrons. The van der Waals surface area contributed by atoms with E-state index in [0.29, 0.717) is 0 Å². The summed E-state index contributed by atoms with van der Waals surface area (Å²) in [6.07, 6.45) is -1.19. The lowest BCUT2D eigenvalue weighted by molar-refractivity contribution is -0.300. The van der Waals surface area contributed by atoms with Crippen LogP contribution in [-0.4, -0.2) is 37.9 Å². The van der Waals surface area contributed by atoms with Gasteiger partial charge in [0, 0.05) is 0 Å². The van der Waals surface area contributed by atoms with E-state index in [1.165, 1.54) is 19.1 Å². The highest BCUT2D eigenvalue weighted by Crippen LogP contribution is 2.13. The number of aliphatic hydroxyl groups is 2. The van der Waals surface area contributed by atoms with Crippen LogP contribution in [0.5, 0.6) is 0 Å². The van der Waals surface area contributed by atoms with Crippen molar-refractivity contribution in [2.75, 3.05) is 13.2 Å². The lowest BCUT2D eigenvalue weighted by Gasteiger charge is -2.08. The van der Waals surface area contributed by atoms with Gasteiger partial charge in [-0.3, -0.25) is 4.18 Å². The summed E-state index contributed by atoms with van der Waals surface area (Å²) in [6, 6.07) is 6.16. The summed E-state index contributed by atoms with van der Waals surface area (Å²) in [4.78, 5) is 0.0308. The van der Waals surface area contributed by atoms with E-state index in [0.717, 1.165) is 5.56 Å². The van der Waals surface area contributed by atoms with Gasteiger partial charge in [0.2, 0.25) is 0 Å². The highest BCUT2D eigenvalue weighted by molar-refractivity contribution is 7.86. The lowest BCUT2D eigenvalue weighted by atomic mass is 10.2. The summed E-state index contributed by atoms with van der Waals surface area (Å²) >= 11 is 0. The van der Waals surface area contributed by atoms with Crippen LogP contribution in [0.25, 0.3) is 0 Å². The van der Waals surface area contributed by atoms with E-state index in [-0.39, 0.29) is 10.7 Å². The molecule has 6 nitrogen and oxygen atoms in total. The Morgan fingerprint density at radius 2 is 1.85 bits per heavy atom. The molecule has 0 unspecified atom stereocenters. The second-order valence-electron chi connectivity index (χ2n) is 4.09. The molecule has 114 valence electrons. The Hall–Kier alpha value is -1.41. The molecule has 0 amide bonds. The first-order valence-electron chi connectivity index (χ1n) is 5.76. The Kier molecular flexibility index (Phi) is 8.09. The number of allylic oxidation sites excluding steroid dienone is 1. The van der Waals surface area contributed by atoms with Crippen molar-refractivity contribution in [1.29, 1.82) is 0 Å². The predicted octanol–water partition coefficient (Wildman–Crippen LogP) is -0.0662. The van der Waals surface area contributed by atoms with Crippen LogP contribution in [0.3, 0.4) is 0 Å². The van der Waals surface area contributed by atoms with Crippen molar-refractivity contribution >= 4 is 10.1 Å². The minimum atomic E-state index is -3.85. The Balaban J connectivity index is 0.000000796. The summed E-state index contributed by atoms with van der Waals surface area (Å²) in [5.74, 6) is -0.0833. The Labute approximate surface area is 119 Å². The first-order valence-corrected chi connectivity index (χ1v) is 7.17. The fourth-order valence-electron chi connectivity index (χ4n) is 0.994. The van der Waals surface area contributed by atoms with Crippen LogP contribution in [0.1, 0.15) is 12.5 Å². The van der Waals surface area contributed by atoms with Gasteiger partial charge in [0.05, 0.1) is 18.1 Å². The number of hydrogen-bond donors (Lipinski definition) is 2. The van der Waals surface area contributed by atoms with Gasteiger partial charge in [0.15, 0.2) is 0 Å². The zero-order valence-corrected chi connectivity index (χ0v) is 12.3. The van der Waals surface area contributed by atoms with Crippen LogP contribution in [0.2, 0.25) is 0 Å². The van der Waals surface area contributed by atoms with Gasteiger partial charge >= 0.3 is 0 Å². The molecule has 2 N–H and O–H groups in total. The third-order valence-corrected chi connectivity index (χ3v) is 3.23. The van der Waals surface area contributed by atoms with Crippen LogP contribution in [0.15, 0.2) is 41.5 Å². The minimum absolute atomic E-state index is 0.0308. The molecule has 0 aliphatic rings. The van der Waals surface area contributed by atoms with E-state index < -0.39 is 29.4 Å². The standard InChI is InChI=1S/C10H14O5S.C3H6O/c1-8-2-4-10(5-3-8)16(13,14)15-7-9(12)6-11;1-3(2)4/h2-5,9,11-12H,6-7H2,1H3;4H,1H2,2H3/p-1/t9-;/m1./s1. The second kappa shape index (κ2) is 8.70. The number of benzene rings is 1. The van der Waals surface area contributed by atoms with Crippen molar-refractivity contribution in [3.63, 3.8) is 0 Å². The molecule has 0 bridgehead atoms. The fourth-order valence-corrected chi connectivity index (χ4v) is 1.94. The van der Waals surface area contributed by atoms with E-state index in [4.69, 9.17) is 10.2 Å². The molecule has 0 aromatic heterocycles. The van der Waals surface area contributed by atoms with Crippen molar-refractivity contribution in [3.8, 4) is 0 Å². The Bertz CT molecular complexity index is 502. The molecule has 7 heteroatoms. The van der Waals surface area contributed by atoms with Crippen molar-refractivity contribution in [2.24, 2.45) is 0 Å². The van der Waals surface area contributed by atoms with E-state index in [1.54, 1.807) is 12.1 Å². The number of aryl methyl sites for hydroxylation is 1. The molecule has 1 atom stereocenters. The van der Waals surface area contributed by atoms with Crippen molar-refractivity contribution < 1.29 is 27.9 Å². The SMILES string of the molecule is C=C(C)[O-].Cc1ccc(S(=O)(=O)OC[C@H](O)CO)cc1. The molecule has 1 aromatic rings. The van der Waals surface area contributed by atoms with Crippen molar-refractivity contribution in [3.05, 3.63) is 42.2 Å². The van der Waals surface area contributed by atoms with Gasteiger partial charge in [-0.1, -0.05) is 24.6 Å². The minimum Gasteiger partial charge on any atom is -0.876 e. The number of aliphatic hydroxyl groups excluding tert-OH is 2. The average molecular weight is 303 g/mol. The third-order valence-electron chi connectivity index (χ3n) is 1.94. The quantitative estimate of drug-likeness (QED) is 0.582. The number of hydrogen-bond acceptors (Lipinski definition) is 6. The van der Waals surface area contributed by atoms with E-state index in [9.17, 15) is 13.5 Å². The van der Waals surface area contributed by atoms with Gasteiger partial charge in [0.25, 0.3) is 10.1 Å². The second-order valence-corrected chi connectivity index (χ2v) is 5.71. The maximum atomic E-state index is 11.5. The predicted molar refractivity (Wildman–Crippen MR) is 72.2 cm³/mol. The Morgan fingerprint density at radius 3 is 2.25 bits per heavy atom. The molecule has 0 saturated heterocycles. The normalized spacial score (nSPS) is 12.2. The van der Waals surface area contributed by atoms with Gasteiger partial charge < -0.3 is 15.3 Å². The van der Waals surface area contributed by atoms with Crippen molar-refractivity contribution in [1.82, 2.24) is 0 Å². The highest BCUT2D eigenvalue weighted by atomic mass is 32.2. The first kappa shape index (κ1) is 18.6. The van der Waals surface area contributed by atoms with Crippen molar-refractivity contribution in [2.45, 2.75) is 24.8 Å². The summed E-state index contributed by atoms with van der Waals surface area (Å²) in [5, 5.41) is 26.8. The molecule has 20 heavy (non-hydrogen) atoms. The van der Waals surface area contributed by atoms with Gasteiger partial charge in [-0.05, 0) is 19.1 Å². The molecule has 1 rings (SSSR count). The summed E-state index contributed by atoms with van der Waals surface area (Å²) in [5.41, 5.74) is 0.939. The summed E-state index contributed by atoms with van der Waals surface area (Å²) in [6.45, 7) is 5.27. The summed E-state index contributed by atoms with van der Waals surface area (Å²) < 4.78 is 27.7. The molecule has 1 aromatic carbocycles. The van der Waals surface area contributed by atoms with Crippen LogP contribution in [0, 0.1) is 6.92 Å². The van der Waals surface area contributed by atoms with Crippen LogP contribution >= 0.6 is 0 Å². The molecular weight excluding hydrogens is 284 g/mol. The molecule has 0 aliphatic heterocycles. The molecule has 0 spiro atoms. The maximum absolute atomic E-state index is 11.5. The van der Waals surface area contributed by atoms with Crippen LogP contribution in [0.4, 0.5) is 0 Å². The average Bonchev–Trinajstić information content (AvgIpc) is 2.36. The highest BCUT2D eigenvalue weighted by Gasteiger charge is 2.16. The molecular formula is C13H19O6S-. The van der Waals surface area contributed by atoms with Crippen LogP contribution in [-0.2, 0) is 14.3 Å². The lowest BCUT2D eigenvalue weighted by Crippen LogP contribution is -2.22.